The molecular weight excluding hydrogens is 300 g/mol. The van der Waals surface area contributed by atoms with E-state index in [1.165, 1.54) is 5.56 Å². The highest BCUT2D eigenvalue weighted by Crippen LogP contribution is 2.63. The van der Waals surface area contributed by atoms with Gasteiger partial charge in [0.15, 0.2) is 0 Å². The summed E-state index contributed by atoms with van der Waals surface area (Å²) in [4.78, 5) is 2.45. The molecule has 1 aromatic carbocycles. The number of likely N-dealkylation sites (tertiary alicyclic amines) is 1. The second-order valence-corrected chi connectivity index (χ2v) is 7.39. The molecule has 3 unspecified atom stereocenters. The lowest BCUT2D eigenvalue weighted by atomic mass is 9.91. The lowest BCUT2D eigenvalue weighted by Crippen LogP contribution is -2.30. The molecule has 1 aliphatic carbocycles. The molecule has 1 saturated carbocycles. The summed E-state index contributed by atoms with van der Waals surface area (Å²) < 4.78 is 22.1. The zero-order valence-corrected chi connectivity index (χ0v) is 13.7. The Hall–Kier alpha value is -0.790. The van der Waals surface area contributed by atoms with Gasteiger partial charge in [0, 0.05) is 38.2 Å². The molecule has 0 amide bonds. The molecule has 6 heteroatoms. The molecule has 3 N–H and O–H groups in total. The van der Waals surface area contributed by atoms with E-state index in [9.17, 15) is 4.21 Å². The van der Waals surface area contributed by atoms with Crippen LogP contribution < -0.4 is 4.72 Å². The van der Waals surface area contributed by atoms with Gasteiger partial charge < -0.3 is 10.0 Å². The van der Waals surface area contributed by atoms with Crippen molar-refractivity contribution in [3.05, 3.63) is 35.4 Å². The highest BCUT2D eigenvalue weighted by Gasteiger charge is 2.65. The van der Waals surface area contributed by atoms with Gasteiger partial charge in [-0.25, -0.2) is 8.93 Å². The molecule has 1 saturated heterocycles. The number of aliphatic hydroxyl groups excluding tert-OH is 1. The number of rotatable bonds is 7. The Morgan fingerprint density at radius 1 is 1.41 bits per heavy atom. The van der Waals surface area contributed by atoms with Crippen molar-refractivity contribution < 1.29 is 13.9 Å². The molecule has 2 aliphatic rings. The Labute approximate surface area is 134 Å². The fraction of sp³-hybridized carbons (Fsp3) is 0.625. The van der Waals surface area contributed by atoms with Crippen molar-refractivity contribution >= 4 is 11.3 Å². The Morgan fingerprint density at radius 3 is 2.77 bits per heavy atom. The largest absolute Gasteiger partial charge is 0.396 e. The van der Waals surface area contributed by atoms with Gasteiger partial charge >= 0.3 is 0 Å². The number of hydrogen-bond donors (Lipinski definition) is 3. The Kier molecular flexibility index (Phi) is 4.66. The van der Waals surface area contributed by atoms with Gasteiger partial charge in [0.1, 0.15) is 0 Å². The fourth-order valence-corrected chi connectivity index (χ4v) is 4.32. The number of benzene rings is 1. The maximum absolute atomic E-state index is 10.7. The average Bonchev–Trinajstić information content (AvgIpc) is 2.88. The van der Waals surface area contributed by atoms with Gasteiger partial charge in [-0.3, -0.25) is 4.55 Å². The van der Waals surface area contributed by atoms with Crippen LogP contribution in [0.4, 0.5) is 0 Å². The van der Waals surface area contributed by atoms with Crippen LogP contribution in [0.25, 0.3) is 0 Å². The highest BCUT2D eigenvalue weighted by molar-refractivity contribution is 7.77. The first kappa shape index (κ1) is 16.1. The molecule has 0 spiro atoms. The molecule has 0 radical (unpaired) electrons. The van der Waals surface area contributed by atoms with Gasteiger partial charge in [0.2, 0.25) is 11.3 Å². The standard InChI is InChI=1S/C16H24N2O3S/c1-16(14-10-18(6-3-7-19)11-15(14)16)13-5-2-4-12(8-13)9-17-22(20)21/h2,4-5,8,14-15,17,19H,3,6-7,9-11H2,1H3,(H,20,21). The van der Waals surface area contributed by atoms with Gasteiger partial charge in [-0.2, -0.15) is 0 Å². The number of aliphatic hydroxyl groups is 1. The van der Waals surface area contributed by atoms with Crippen molar-refractivity contribution in [3.8, 4) is 0 Å². The third kappa shape index (κ3) is 2.98. The molecule has 1 heterocycles. The second-order valence-electron chi connectivity index (χ2n) is 6.60. The monoisotopic (exact) mass is 324 g/mol. The average molecular weight is 324 g/mol. The summed E-state index contributed by atoms with van der Waals surface area (Å²) in [5.41, 5.74) is 2.62. The molecule has 1 aromatic rings. The smallest absolute Gasteiger partial charge is 0.232 e. The summed E-state index contributed by atoms with van der Waals surface area (Å²) in [5.74, 6) is 1.39. The van der Waals surface area contributed by atoms with Crippen LogP contribution in [0.1, 0.15) is 24.5 Å². The molecule has 122 valence electrons. The SMILES string of the molecule is CC1(c2cccc(CNS(=O)O)c2)C2CN(CCCO)CC21. The van der Waals surface area contributed by atoms with Crippen molar-refractivity contribution in [3.63, 3.8) is 0 Å². The van der Waals surface area contributed by atoms with E-state index in [1.807, 2.05) is 12.1 Å². The van der Waals surface area contributed by atoms with E-state index in [1.54, 1.807) is 0 Å². The topological polar surface area (TPSA) is 72.8 Å². The van der Waals surface area contributed by atoms with E-state index in [0.29, 0.717) is 18.4 Å². The quantitative estimate of drug-likeness (QED) is 0.657. The van der Waals surface area contributed by atoms with Gasteiger partial charge in [-0.1, -0.05) is 31.2 Å². The van der Waals surface area contributed by atoms with Gasteiger partial charge in [-0.15, -0.1) is 0 Å². The van der Waals surface area contributed by atoms with Crippen molar-refractivity contribution in [2.45, 2.75) is 25.3 Å². The zero-order valence-electron chi connectivity index (χ0n) is 12.9. The third-order valence-electron chi connectivity index (χ3n) is 5.41. The van der Waals surface area contributed by atoms with Crippen molar-refractivity contribution in [1.29, 1.82) is 0 Å². The van der Waals surface area contributed by atoms with E-state index in [4.69, 9.17) is 9.66 Å². The van der Waals surface area contributed by atoms with Gasteiger partial charge in [-0.05, 0) is 29.4 Å². The summed E-state index contributed by atoms with van der Waals surface area (Å²) in [6.45, 7) is 6.23. The van der Waals surface area contributed by atoms with Gasteiger partial charge in [0.25, 0.3) is 0 Å². The maximum atomic E-state index is 10.7. The second kappa shape index (κ2) is 6.37. The van der Waals surface area contributed by atoms with E-state index < -0.39 is 11.3 Å². The van der Waals surface area contributed by atoms with Crippen molar-refractivity contribution in [2.24, 2.45) is 11.8 Å². The Bertz CT molecular complexity index is 554. The Morgan fingerprint density at radius 2 is 2.14 bits per heavy atom. The minimum absolute atomic E-state index is 0.240. The first-order valence-corrected chi connectivity index (χ1v) is 8.93. The molecule has 3 rings (SSSR count). The van der Waals surface area contributed by atoms with Crippen LogP contribution in [0.15, 0.2) is 24.3 Å². The fourth-order valence-electron chi connectivity index (χ4n) is 4.03. The third-order valence-corrected chi connectivity index (χ3v) is 5.80. The van der Waals surface area contributed by atoms with Crippen LogP contribution in [0.5, 0.6) is 0 Å². The molecule has 22 heavy (non-hydrogen) atoms. The van der Waals surface area contributed by atoms with Gasteiger partial charge in [0.05, 0.1) is 0 Å². The number of hydrogen-bond acceptors (Lipinski definition) is 3. The molecule has 1 aliphatic heterocycles. The zero-order chi connectivity index (χ0) is 15.7. The van der Waals surface area contributed by atoms with Crippen LogP contribution in [0.3, 0.4) is 0 Å². The lowest BCUT2D eigenvalue weighted by Gasteiger charge is -2.24. The van der Waals surface area contributed by atoms with E-state index in [2.05, 4.69) is 28.7 Å². The van der Waals surface area contributed by atoms with Crippen molar-refractivity contribution in [2.75, 3.05) is 26.2 Å². The maximum Gasteiger partial charge on any atom is 0.232 e. The first-order valence-electron chi connectivity index (χ1n) is 7.82. The summed E-state index contributed by atoms with van der Waals surface area (Å²) >= 11 is -1.97. The molecule has 0 bridgehead atoms. The van der Waals surface area contributed by atoms with E-state index >= 15 is 0 Å². The summed E-state index contributed by atoms with van der Waals surface area (Å²) in [6, 6.07) is 8.36. The minimum atomic E-state index is -1.97. The van der Waals surface area contributed by atoms with Crippen LogP contribution in [-0.2, 0) is 23.2 Å². The number of fused-ring (bicyclic) bond motifs is 1. The lowest BCUT2D eigenvalue weighted by molar-refractivity contribution is 0.227. The summed E-state index contributed by atoms with van der Waals surface area (Å²) in [5, 5.41) is 8.93. The van der Waals surface area contributed by atoms with Crippen LogP contribution in [-0.4, -0.2) is 45.0 Å². The number of nitrogens with zero attached hydrogens (tertiary/aromatic N) is 1. The molecule has 2 fully saturated rings. The van der Waals surface area contributed by atoms with Crippen molar-refractivity contribution in [1.82, 2.24) is 9.62 Å². The summed E-state index contributed by atoms with van der Waals surface area (Å²) in [6.07, 6.45) is 0.857. The molecule has 3 atom stereocenters. The number of nitrogens with one attached hydrogen (secondary N) is 1. The van der Waals surface area contributed by atoms with Crippen LogP contribution in [0.2, 0.25) is 0 Å². The predicted molar refractivity (Wildman–Crippen MR) is 86.5 cm³/mol. The highest BCUT2D eigenvalue weighted by atomic mass is 32.2. The normalized spacial score (nSPS) is 32.0. The Balaban J connectivity index is 1.64. The predicted octanol–water partition coefficient (Wildman–Crippen LogP) is 1.11. The first-order chi connectivity index (χ1) is 10.6. The minimum Gasteiger partial charge on any atom is -0.396 e. The van der Waals surface area contributed by atoms with E-state index in [-0.39, 0.29) is 12.0 Å². The number of piperidine rings is 1. The van der Waals surface area contributed by atoms with Crippen LogP contribution in [0, 0.1) is 11.8 Å². The molecule has 5 nitrogen and oxygen atoms in total. The van der Waals surface area contributed by atoms with Crippen LogP contribution >= 0.6 is 0 Å². The molecular formula is C16H24N2O3S. The molecule has 0 aromatic heterocycles. The van der Waals surface area contributed by atoms with E-state index in [0.717, 1.165) is 31.6 Å². The summed E-state index contributed by atoms with van der Waals surface area (Å²) in [7, 11) is 0.